The van der Waals surface area contributed by atoms with E-state index in [-0.39, 0.29) is 11.6 Å². The summed E-state index contributed by atoms with van der Waals surface area (Å²) in [6, 6.07) is 24.3. The summed E-state index contributed by atoms with van der Waals surface area (Å²) in [5.74, 6) is 1.33. The van der Waals surface area contributed by atoms with E-state index in [9.17, 15) is 4.79 Å². The van der Waals surface area contributed by atoms with Gasteiger partial charge >= 0.3 is 0 Å². The zero-order chi connectivity index (χ0) is 24.6. The lowest BCUT2D eigenvalue weighted by Gasteiger charge is -2.30. The normalized spacial score (nSPS) is 16.6. The molecular weight excluding hydrogens is 468 g/mol. The van der Waals surface area contributed by atoms with Crippen LogP contribution in [0.5, 0.6) is 11.5 Å². The Balaban J connectivity index is 1.56. The van der Waals surface area contributed by atoms with Crippen LogP contribution in [0.15, 0.2) is 88.2 Å². The van der Waals surface area contributed by atoms with Gasteiger partial charge in [0.15, 0.2) is 16.3 Å². The van der Waals surface area contributed by atoms with Gasteiger partial charge in [-0.1, -0.05) is 72.0 Å². The molecular formula is C30H26N2O3S. The molecule has 0 unspecified atom stereocenters. The molecule has 1 aliphatic carbocycles. The summed E-state index contributed by atoms with van der Waals surface area (Å²) >= 11 is 1.44. The summed E-state index contributed by atoms with van der Waals surface area (Å²) in [5.41, 5.74) is 6.68. The summed E-state index contributed by atoms with van der Waals surface area (Å²) in [7, 11) is 1.62. The molecule has 36 heavy (non-hydrogen) atoms. The number of fused-ring (bicyclic) bond motifs is 3. The lowest BCUT2D eigenvalue weighted by atomic mass is 9.83. The van der Waals surface area contributed by atoms with Gasteiger partial charge in [-0.2, -0.15) is 0 Å². The topological polar surface area (TPSA) is 52.8 Å². The monoisotopic (exact) mass is 494 g/mol. The summed E-state index contributed by atoms with van der Waals surface area (Å²) in [4.78, 5) is 19.7. The highest BCUT2D eigenvalue weighted by molar-refractivity contribution is 7.07. The molecule has 0 saturated carbocycles. The number of allylic oxidation sites excluding steroid dienone is 1. The van der Waals surface area contributed by atoms with Crippen LogP contribution in [0.1, 0.15) is 41.6 Å². The molecule has 1 aliphatic heterocycles. The van der Waals surface area contributed by atoms with E-state index in [0.29, 0.717) is 22.6 Å². The van der Waals surface area contributed by atoms with Crippen LogP contribution in [-0.2, 0) is 6.42 Å². The number of ether oxygens (including phenoxy) is 2. The molecule has 1 atom stereocenters. The number of benzene rings is 3. The molecule has 6 rings (SSSR count). The van der Waals surface area contributed by atoms with Crippen molar-refractivity contribution in [3.05, 3.63) is 120 Å². The number of thiazole rings is 1. The fourth-order valence-corrected chi connectivity index (χ4v) is 6.16. The maximum absolute atomic E-state index is 13.8. The number of aromatic nitrogens is 1. The quantitative estimate of drug-likeness (QED) is 0.403. The largest absolute Gasteiger partial charge is 0.493 e. The Morgan fingerprint density at radius 1 is 1.03 bits per heavy atom. The maximum Gasteiger partial charge on any atom is 0.271 e. The Kier molecular flexibility index (Phi) is 5.82. The number of aryl methyl sites for hydroxylation is 1. The van der Waals surface area contributed by atoms with Crippen LogP contribution in [0.3, 0.4) is 0 Å². The van der Waals surface area contributed by atoms with Gasteiger partial charge in [0.05, 0.1) is 30.0 Å². The molecule has 6 heteroatoms. The zero-order valence-corrected chi connectivity index (χ0v) is 21.0. The van der Waals surface area contributed by atoms with E-state index in [0.717, 1.165) is 34.5 Å². The van der Waals surface area contributed by atoms with E-state index in [2.05, 4.69) is 36.4 Å². The van der Waals surface area contributed by atoms with Gasteiger partial charge in [0.25, 0.3) is 5.56 Å². The number of rotatable bonds is 5. The molecule has 5 nitrogen and oxygen atoms in total. The van der Waals surface area contributed by atoms with Crippen LogP contribution in [0.25, 0.3) is 11.8 Å². The van der Waals surface area contributed by atoms with E-state index in [1.54, 1.807) is 7.11 Å². The molecule has 0 amide bonds. The summed E-state index contributed by atoms with van der Waals surface area (Å²) in [5, 5.41) is 0. The highest BCUT2D eigenvalue weighted by atomic mass is 32.1. The van der Waals surface area contributed by atoms with E-state index >= 15 is 0 Å². The zero-order valence-electron chi connectivity index (χ0n) is 20.2. The molecule has 0 fully saturated rings. The first-order valence-corrected chi connectivity index (χ1v) is 13.0. The summed E-state index contributed by atoms with van der Waals surface area (Å²) in [6.45, 7) is 2.50. The summed E-state index contributed by atoms with van der Waals surface area (Å²) < 4.78 is 13.7. The van der Waals surface area contributed by atoms with Gasteiger partial charge in [0.1, 0.15) is 0 Å². The molecule has 0 saturated heterocycles. The number of hydrogen-bond acceptors (Lipinski definition) is 5. The van der Waals surface area contributed by atoms with Gasteiger partial charge < -0.3 is 9.47 Å². The van der Waals surface area contributed by atoms with Gasteiger partial charge in [0, 0.05) is 5.56 Å². The average molecular weight is 495 g/mol. The minimum Gasteiger partial charge on any atom is -0.493 e. The van der Waals surface area contributed by atoms with Crippen molar-refractivity contribution in [3.8, 4) is 11.5 Å². The van der Waals surface area contributed by atoms with Crippen molar-refractivity contribution < 1.29 is 9.47 Å². The minimum atomic E-state index is -0.164. The van der Waals surface area contributed by atoms with Crippen LogP contribution in [-0.4, -0.2) is 18.3 Å². The van der Waals surface area contributed by atoms with E-state index < -0.39 is 0 Å². The minimum absolute atomic E-state index is 0.0223. The standard InChI is InChI=1S/C30H26N2O3S/c1-3-35-24-16-13-19(17-25(24)34-2)18-26-29(33)32-28(21-10-5-4-6-11-21)23-15-14-20-9-7-8-12-22(20)27(23)31-30(32)36-26/h4-13,16-18,28H,3,14-15H2,1-2H3/t28-/m1/s1. The molecule has 0 N–H and O–H groups in total. The van der Waals surface area contributed by atoms with Crippen molar-refractivity contribution in [1.82, 2.24) is 4.57 Å². The Bertz CT molecular complexity index is 1660. The number of hydrogen-bond donors (Lipinski definition) is 0. The second-order valence-corrected chi connectivity index (χ2v) is 9.88. The third kappa shape index (κ3) is 3.78. The van der Waals surface area contributed by atoms with Gasteiger partial charge in [0.2, 0.25) is 0 Å². The molecule has 0 spiro atoms. The summed E-state index contributed by atoms with van der Waals surface area (Å²) in [6.07, 6.45) is 3.75. The van der Waals surface area contributed by atoms with Crippen LogP contribution in [0.4, 0.5) is 0 Å². The average Bonchev–Trinajstić information content (AvgIpc) is 3.23. The second-order valence-electron chi connectivity index (χ2n) is 8.87. The SMILES string of the molecule is CCOc1ccc(C=c2sc3n(c2=O)[C@H](c2ccccc2)C2=C(N=3)c3ccccc3CC2)cc1OC. The fourth-order valence-electron chi connectivity index (χ4n) is 5.16. The maximum atomic E-state index is 13.8. The van der Waals surface area contributed by atoms with Crippen molar-refractivity contribution >= 4 is 23.1 Å². The third-order valence-electron chi connectivity index (χ3n) is 6.77. The lowest BCUT2D eigenvalue weighted by Crippen LogP contribution is -2.38. The van der Waals surface area contributed by atoms with Crippen molar-refractivity contribution in [2.24, 2.45) is 4.99 Å². The first-order chi connectivity index (χ1) is 17.7. The molecule has 4 aromatic rings. The van der Waals surface area contributed by atoms with E-state index in [1.165, 1.54) is 28.0 Å². The number of nitrogens with zero attached hydrogens (tertiary/aromatic N) is 2. The predicted octanol–water partition coefficient (Wildman–Crippen LogP) is 4.73. The second kappa shape index (κ2) is 9.28. The van der Waals surface area contributed by atoms with E-state index in [4.69, 9.17) is 14.5 Å². The number of methoxy groups -OCH3 is 1. The van der Waals surface area contributed by atoms with Gasteiger partial charge in [-0.3, -0.25) is 9.36 Å². The highest BCUT2D eigenvalue weighted by Gasteiger charge is 2.32. The Hall–Kier alpha value is -3.90. The van der Waals surface area contributed by atoms with Crippen LogP contribution < -0.4 is 24.4 Å². The van der Waals surface area contributed by atoms with Gasteiger partial charge in [-0.25, -0.2) is 4.99 Å². The molecule has 2 aliphatic rings. The van der Waals surface area contributed by atoms with Gasteiger partial charge in [-0.05, 0) is 60.2 Å². The van der Waals surface area contributed by atoms with E-state index in [1.807, 2.05) is 54.0 Å². The molecule has 1 aromatic heterocycles. The molecule has 2 heterocycles. The molecule has 0 radical (unpaired) electrons. The Labute approximate surface area is 213 Å². The predicted molar refractivity (Wildman–Crippen MR) is 143 cm³/mol. The van der Waals surface area contributed by atoms with Crippen LogP contribution >= 0.6 is 11.3 Å². The fraction of sp³-hybridized carbons (Fsp3) is 0.200. The van der Waals surface area contributed by atoms with Crippen LogP contribution in [0.2, 0.25) is 0 Å². The van der Waals surface area contributed by atoms with Crippen LogP contribution in [0, 0.1) is 0 Å². The highest BCUT2D eigenvalue weighted by Crippen LogP contribution is 2.41. The Morgan fingerprint density at radius 3 is 2.64 bits per heavy atom. The third-order valence-corrected chi connectivity index (χ3v) is 7.76. The van der Waals surface area contributed by atoms with Crippen molar-refractivity contribution in [2.45, 2.75) is 25.8 Å². The first-order valence-electron chi connectivity index (χ1n) is 12.2. The van der Waals surface area contributed by atoms with Crippen molar-refractivity contribution in [3.63, 3.8) is 0 Å². The van der Waals surface area contributed by atoms with Gasteiger partial charge in [-0.15, -0.1) is 0 Å². The molecule has 3 aromatic carbocycles. The smallest absolute Gasteiger partial charge is 0.271 e. The molecule has 180 valence electrons. The molecule has 0 bridgehead atoms. The van der Waals surface area contributed by atoms with Crippen molar-refractivity contribution in [1.29, 1.82) is 0 Å². The lowest BCUT2D eigenvalue weighted by molar-refractivity contribution is 0.311. The first kappa shape index (κ1) is 22.6. The Morgan fingerprint density at radius 2 is 1.83 bits per heavy atom. The van der Waals surface area contributed by atoms with Crippen molar-refractivity contribution in [2.75, 3.05) is 13.7 Å².